The van der Waals surface area contributed by atoms with Gasteiger partial charge >= 0.3 is 0 Å². The molecule has 1 aliphatic rings. The van der Waals surface area contributed by atoms with Gasteiger partial charge in [0, 0.05) is 18.7 Å². The SMILES string of the molecule is COc1cc(C)c(C(=O)CN2CC(C)CC(C)C2)c(C)c1. The fourth-order valence-electron chi connectivity index (χ4n) is 3.68. The molecule has 3 heteroatoms. The number of rotatable bonds is 4. The standard InChI is InChI=1S/C18H27NO2/c1-12-6-13(2)10-19(9-12)11-17(20)18-14(3)7-16(21-5)8-15(18)4/h7-8,12-13H,6,9-11H2,1-5H3. The fraction of sp³-hybridized carbons (Fsp3) is 0.611. The maximum Gasteiger partial charge on any atom is 0.177 e. The minimum atomic E-state index is 0.231. The van der Waals surface area contributed by atoms with Crippen molar-refractivity contribution in [2.24, 2.45) is 11.8 Å². The lowest BCUT2D eigenvalue weighted by Crippen LogP contribution is -2.41. The molecule has 0 N–H and O–H groups in total. The lowest BCUT2D eigenvalue weighted by atomic mass is 9.91. The van der Waals surface area contributed by atoms with Gasteiger partial charge in [-0.2, -0.15) is 0 Å². The molecule has 21 heavy (non-hydrogen) atoms. The molecule has 0 radical (unpaired) electrons. The lowest BCUT2D eigenvalue weighted by Gasteiger charge is -2.34. The van der Waals surface area contributed by atoms with Crippen LogP contribution in [0.15, 0.2) is 12.1 Å². The van der Waals surface area contributed by atoms with Crippen molar-refractivity contribution in [1.29, 1.82) is 0 Å². The van der Waals surface area contributed by atoms with Crippen LogP contribution in [0.3, 0.4) is 0 Å². The van der Waals surface area contributed by atoms with Crippen molar-refractivity contribution in [3.05, 3.63) is 28.8 Å². The molecule has 3 nitrogen and oxygen atoms in total. The number of piperidine rings is 1. The number of ketones is 1. The molecule has 0 saturated carbocycles. The largest absolute Gasteiger partial charge is 0.497 e. The van der Waals surface area contributed by atoms with Crippen LogP contribution >= 0.6 is 0 Å². The summed E-state index contributed by atoms with van der Waals surface area (Å²) >= 11 is 0. The van der Waals surface area contributed by atoms with Crippen molar-refractivity contribution >= 4 is 5.78 Å². The second-order valence-corrected chi connectivity index (χ2v) is 6.70. The number of carbonyl (C=O) groups is 1. The highest BCUT2D eigenvalue weighted by Crippen LogP contribution is 2.24. The van der Waals surface area contributed by atoms with E-state index in [9.17, 15) is 4.79 Å². The highest BCUT2D eigenvalue weighted by atomic mass is 16.5. The van der Waals surface area contributed by atoms with Gasteiger partial charge in [-0.05, 0) is 55.4 Å². The summed E-state index contributed by atoms with van der Waals surface area (Å²) in [5.41, 5.74) is 2.88. The minimum absolute atomic E-state index is 0.231. The first kappa shape index (κ1) is 16.0. The number of likely N-dealkylation sites (tertiary alicyclic amines) is 1. The van der Waals surface area contributed by atoms with Gasteiger partial charge in [0.1, 0.15) is 5.75 Å². The van der Waals surface area contributed by atoms with E-state index in [0.717, 1.165) is 35.5 Å². The molecule has 0 bridgehead atoms. The Morgan fingerprint density at radius 3 is 2.19 bits per heavy atom. The van der Waals surface area contributed by atoms with Crippen LogP contribution in [0.2, 0.25) is 0 Å². The molecule has 1 aliphatic heterocycles. The van der Waals surface area contributed by atoms with Gasteiger partial charge in [0.2, 0.25) is 0 Å². The number of aryl methyl sites for hydroxylation is 2. The molecule has 0 spiro atoms. The third-order valence-corrected chi connectivity index (χ3v) is 4.33. The number of hydrogen-bond donors (Lipinski definition) is 0. The first-order valence-electron chi connectivity index (χ1n) is 7.81. The van der Waals surface area contributed by atoms with E-state index < -0.39 is 0 Å². The number of benzene rings is 1. The molecule has 1 heterocycles. The Balaban J connectivity index is 2.13. The highest BCUT2D eigenvalue weighted by molar-refractivity contribution is 6.00. The average Bonchev–Trinajstić information content (AvgIpc) is 2.36. The zero-order valence-electron chi connectivity index (χ0n) is 13.9. The smallest absolute Gasteiger partial charge is 0.177 e. The van der Waals surface area contributed by atoms with Gasteiger partial charge in [-0.15, -0.1) is 0 Å². The molecule has 1 saturated heterocycles. The number of carbonyl (C=O) groups excluding carboxylic acids is 1. The highest BCUT2D eigenvalue weighted by Gasteiger charge is 2.24. The van der Waals surface area contributed by atoms with Gasteiger partial charge in [-0.25, -0.2) is 0 Å². The van der Waals surface area contributed by atoms with E-state index in [0.29, 0.717) is 18.4 Å². The predicted molar refractivity (Wildman–Crippen MR) is 86.2 cm³/mol. The molecule has 2 rings (SSSR count). The Labute approximate surface area is 128 Å². The summed E-state index contributed by atoms with van der Waals surface area (Å²) in [5, 5.41) is 0. The molecule has 116 valence electrons. The van der Waals surface area contributed by atoms with Crippen LogP contribution in [0.4, 0.5) is 0 Å². The van der Waals surface area contributed by atoms with Crippen LogP contribution in [0, 0.1) is 25.7 Å². The molecule has 1 fully saturated rings. The van der Waals surface area contributed by atoms with E-state index in [-0.39, 0.29) is 5.78 Å². The van der Waals surface area contributed by atoms with Crippen LogP contribution in [0.1, 0.15) is 41.8 Å². The van der Waals surface area contributed by atoms with Crippen LogP contribution < -0.4 is 4.74 Å². The first-order chi connectivity index (χ1) is 9.90. The first-order valence-corrected chi connectivity index (χ1v) is 7.81. The Bertz CT molecular complexity index is 491. The molecular weight excluding hydrogens is 262 g/mol. The summed E-state index contributed by atoms with van der Waals surface area (Å²) in [6.07, 6.45) is 1.27. The van der Waals surface area contributed by atoms with Crippen LogP contribution in [-0.2, 0) is 0 Å². The van der Waals surface area contributed by atoms with Crippen molar-refractivity contribution in [3.63, 3.8) is 0 Å². The number of Topliss-reactive ketones (excluding diaryl/α,β-unsaturated/α-hetero) is 1. The number of methoxy groups -OCH3 is 1. The molecular formula is C18H27NO2. The summed E-state index contributed by atoms with van der Waals surface area (Å²) in [5.74, 6) is 2.41. The quantitative estimate of drug-likeness (QED) is 0.795. The van der Waals surface area contributed by atoms with E-state index in [1.54, 1.807) is 7.11 Å². The lowest BCUT2D eigenvalue weighted by molar-refractivity contribution is 0.0848. The second kappa shape index (κ2) is 6.61. The summed E-state index contributed by atoms with van der Waals surface area (Å²) in [6.45, 7) is 11.1. The molecule has 2 atom stereocenters. The van der Waals surface area contributed by atoms with Gasteiger partial charge in [0.05, 0.1) is 13.7 Å². The van der Waals surface area contributed by atoms with Crippen molar-refractivity contribution in [2.75, 3.05) is 26.7 Å². The van der Waals surface area contributed by atoms with Crippen LogP contribution in [0.25, 0.3) is 0 Å². The zero-order valence-corrected chi connectivity index (χ0v) is 13.9. The van der Waals surface area contributed by atoms with Gasteiger partial charge in [0.15, 0.2) is 5.78 Å². The summed E-state index contributed by atoms with van der Waals surface area (Å²) in [7, 11) is 1.66. The molecule has 1 aromatic carbocycles. The van der Waals surface area contributed by atoms with Gasteiger partial charge in [0.25, 0.3) is 0 Å². The average molecular weight is 289 g/mol. The van der Waals surface area contributed by atoms with Gasteiger partial charge in [-0.3, -0.25) is 9.69 Å². The monoisotopic (exact) mass is 289 g/mol. The van der Waals surface area contributed by atoms with Gasteiger partial charge in [-0.1, -0.05) is 13.8 Å². The Morgan fingerprint density at radius 2 is 1.71 bits per heavy atom. The molecule has 2 unspecified atom stereocenters. The van der Waals surface area contributed by atoms with E-state index >= 15 is 0 Å². The van der Waals surface area contributed by atoms with Crippen molar-refractivity contribution in [2.45, 2.75) is 34.1 Å². The Kier molecular flexibility index (Phi) is 5.04. The van der Waals surface area contributed by atoms with E-state index in [1.165, 1.54) is 6.42 Å². The Morgan fingerprint density at radius 1 is 1.19 bits per heavy atom. The van der Waals surface area contributed by atoms with Gasteiger partial charge < -0.3 is 4.74 Å². The predicted octanol–water partition coefficient (Wildman–Crippen LogP) is 3.47. The maximum absolute atomic E-state index is 12.7. The van der Waals surface area contributed by atoms with Crippen LogP contribution in [-0.4, -0.2) is 37.4 Å². The molecule has 1 aromatic rings. The maximum atomic E-state index is 12.7. The van der Waals surface area contributed by atoms with Crippen molar-refractivity contribution in [1.82, 2.24) is 4.90 Å². The van der Waals surface area contributed by atoms with Crippen LogP contribution in [0.5, 0.6) is 5.75 Å². The third kappa shape index (κ3) is 3.85. The molecule has 0 aliphatic carbocycles. The second-order valence-electron chi connectivity index (χ2n) is 6.70. The normalized spacial score (nSPS) is 23.1. The number of hydrogen-bond acceptors (Lipinski definition) is 3. The van der Waals surface area contributed by atoms with Crippen molar-refractivity contribution < 1.29 is 9.53 Å². The van der Waals surface area contributed by atoms with Crippen molar-refractivity contribution in [3.8, 4) is 5.75 Å². The summed E-state index contributed by atoms with van der Waals surface area (Å²) < 4.78 is 5.27. The zero-order chi connectivity index (χ0) is 15.6. The van der Waals surface area contributed by atoms with E-state index in [2.05, 4.69) is 18.7 Å². The molecule has 0 aromatic heterocycles. The van der Waals surface area contributed by atoms with E-state index in [4.69, 9.17) is 4.74 Å². The fourth-order valence-corrected chi connectivity index (χ4v) is 3.68. The minimum Gasteiger partial charge on any atom is -0.497 e. The summed E-state index contributed by atoms with van der Waals surface area (Å²) in [6, 6.07) is 3.89. The number of ether oxygens (including phenoxy) is 1. The Hall–Kier alpha value is -1.35. The number of nitrogens with zero attached hydrogens (tertiary/aromatic N) is 1. The molecule has 0 amide bonds. The summed E-state index contributed by atoms with van der Waals surface area (Å²) in [4.78, 5) is 15.0. The van der Waals surface area contributed by atoms with E-state index in [1.807, 2.05) is 26.0 Å². The topological polar surface area (TPSA) is 29.5 Å². The third-order valence-electron chi connectivity index (χ3n) is 4.33.